The van der Waals surface area contributed by atoms with Crippen LogP contribution in [-0.2, 0) is 19.2 Å². The highest BCUT2D eigenvalue weighted by Gasteiger charge is 2.38. The Labute approximate surface area is 223 Å². The molecule has 0 bridgehead atoms. The predicted octanol–water partition coefficient (Wildman–Crippen LogP) is -2.49. The van der Waals surface area contributed by atoms with E-state index < -0.39 is 47.9 Å². The van der Waals surface area contributed by atoms with Gasteiger partial charge in [0.1, 0.15) is 18.1 Å². The molecule has 0 aromatic rings. The SMILES string of the molecule is CC(C)CC(NC(=O)C(CCCN=C(N)N)NC(=O)C(N)CCCN=C(N)N)C(=O)N1CCCC1C(=O)O. The van der Waals surface area contributed by atoms with Crippen LogP contribution in [0.5, 0.6) is 0 Å². The minimum absolute atomic E-state index is 0.0312. The quantitative estimate of drug-likeness (QED) is 0.0579. The molecule has 1 fully saturated rings. The highest BCUT2D eigenvalue weighted by molar-refractivity contribution is 5.94. The summed E-state index contributed by atoms with van der Waals surface area (Å²) in [6.07, 6.45) is 2.51. The first kappa shape index (κ1) is 32.4. The molecular weight excluding hydrogens is 496 g/mol. The topological polar surface area (TPSA) is 271 Å². The molecule has 4 unspecified atom stereocenters. The van der Waals surface area contributed by atoms with E-state index in [9.17, 15) is 24.3 Å². The monoisotopic (exact) mass is 540 g/mol. The van der Waals surface area contributed by atoms with Gasteiger partial charge in [0.25, 0.3) is 0 Å². The summed E-state index contributed by atoms with van der Waals surface area (Å²) in [4.78, 5) is 60.0. The summed E-state index contributed by atoms with van der Waals surface area (Å²) in [7, 11) is 0. The molecule has 4 atom stereocenters. The molecule has 0 radical (unpaired) electrons. The Balaban J connectivity index is 2.97. The fourth-order valence-electron chi connectivity index (χ4n) is 4.15. The molecule has 1 rings (SSSR count). The van der Waals surface area contributed by atoms with E-state index >= 15 is 0 Å². The van der Waals surface area contributed by atoms with Crippen molar-refractivity contribution in [1.82, 2.24) is 15.5 Å². The molecule has 15 heteroatoms. The van der Waals surface area contributed by atoms with Crippen LogP contribution in [0.25, 0.3) is 0 Å². The van der Waals surface area contributed by atoms with Gasteiger partial charge in [0, 0.05) is 19.6 Å². The van der Waals surface area contributed by atoms with E-state index in [0.29, 0.717) is 45.2 Å². The van der Waals surface area contributed by atoms with Crippen molar-refractivity contribution in [2.24, 2.45) is 44.6 Å². The zero-order chi connectivity index (χ0) is 28.8. The van der Waals surface area contributed by atoms with Crippen molar-refractivity contribution >= 4 is 35.6 Å². The van der Waals surface area contributed by atoms with E-state index in [1.807, 2.05) is 13.8 Å². The lowest BCUT2D eigenvalue weighted by Gasteiger charge is -2.29. The van der Waals surface area contributed by atoms with Gasteiger partial charge in [0.2, 0.25) is 17.7 Å². The van der Waals surface area contributed by atoms with Crippen molar-refractivity contribution in [2.45, 2.75) is 83.0 Å². The zero-order valence-electron chi connectivity index (χ0n) is 22.3. The van der Waals surface area contributed by atoms with E-state index in [4.69, 9.17) is 28.7 Å². The smallest absolute Gasteiger partial charge is 0.326 e. The van der Waals surface area contributed by atoms with E-state index in [2.05, 4.69) is 20.6 Å². The van der Waals surface area contributed by atoms with Gasteiger partial charge >= 0.3 is 5.97 Å². The number of nitrogens with two attached hydrogens (primary N) is 5. The first-order valence-electron chi connectivity index (χ1n) is 12.8. The Bertz CT molecular complexity index is 871. The number of amides is 3. The Morgan fingerprint density at radius 2 is 1.47 bits per heavy atom. The van der Waals surface area contributed by atoms with Crippen molar-refractivity contribution in [3.63, 3.8) is 0 Å². The molecule has 1 aliphatic heterocycles. The van der Waals surface area contributed by atoms with Gasteiger partial charge in [0.05, 0.1) is 6.04 Å². The lowest BCUT2D eigenvalue weighted by Crippen LogP contribution is -2.57. The highest BCUT2D eigenvalue weighted by Crippen LogP contribution is 2.20. The Kier molecular flexibility index (Phi) is 13.9. The average Bonchev–Trinajstić information content (AvgIpc) is 3.32. The van der Waals surface area contributed by atoms with Gasteiger partial charge < -0.3 is 49.3 Å². The Hall–Kier alpha value is -3.62. The maximum atomic E-state index is 13.3. The third kappa shape index (κ3) is 11.6. The Morgan fingerprint density at radius 3 is 2.00 bits per heavy atom. The maximum absolute atomic E-state index is 13.3. The number of guanidine groups is 2. The van der Waals surface area contributed by atoms with Crippen LogP contribution >= 0.6 is 0 Å². The minimum atomic E-state index is -1.08. The summed E-state index contributed by atoms with van der Waals surface area (Å²) in [6, 6.07) is -3.81. The number of aliphatic carboxylic acids is 1. The highest BCUT2D eigenvalue weighted by atomic mass is 16.4. The summed E-state index contributed by atoms with van der Waals surface area (Å²) in [5.41, 5.74) is 27.3. The fourth-order valence-corrected chi connectivity index (χ4v) is 4.15. The number of hydrogen-bond acceptors (Lipinski definition) is 7. The van der Waals surface area contributed by atoms with Crippen LogP contribution < -0.4 is 39.3 Å². The number of carbonyl (C=O) groups is 4. The van der Waals surface area contributed by atoms with Crippen molar-refractivity contribution in [1.29, 1.82) is 0 Å². The third-order valence-electron chi connectivity index (χ3n) is 6.03. The third-order valence-corrected chi connectivity index (χ3v) is 6.03. The molecule has 1 saturated heterocycles. The number of carbonyl (C=O) groups excluding carboxylic acids is 3. The number of nitrogens with zero attached hydrogens (tertiary/aromatic N) is 3. The minimum Gasteiger partial charge on any atom is -0.480 e. The lowest BCUT2D eigenvalue weighted by atomic mass is 10.0. The lowest BCUT2D eigenvalue weighted by molar-refractivity contribution is -0.149. The second-order valence-corrected chi connectivity index (χ2v) is 9.78. The normalized spacial score (nSPS) is 17.3. The molecule has 216 valence electrons. The fraction of sp³-hybridized carbons (Fsp3) is 0.739. The van der Waals surface area contributed by atoms with Crippen LogP contribution in [-0.4, -0.2) is 89.4 Å². The average molecular weight is 541 g/mol. The number of aliphatic imine (C=N–C) groups is 2. The number of hydrogen-bond donors (Lipinski definition) is 8. The first-order chi connectivity index (χ1) is 17.8. The van der Waals surface area contributed by atoms with E-state index in [0.717, 1.165) is 0 Å². The van der Waals surface area contributed by atoms with Crippen molar-refractivity contribution < 1.29 is 24.3 Å². The van der Waals surface area contributed by atoms with Gasteiger partial charge in [-0.15, -0.1) is 0 Å². The molecule has 15 nitrogen and oxygen atoms in total. The maximum Gasteiger partial charge on any atom is 0.326 e. The summed E-state index contributed by atoms with van der Waals surface area (Å²) in [5.74, 6) is -2.80. The largest absolute Gasteiger partial charge is 0.480 e. The van der Waals surface area contributed by atoms with E-state index in [1.54, 1.807) is 0 Å². The summed E-state index contributed by atoms with van der Waals surface area (Å²) in [5, 5.41) is 14.9. The summed E-state index contributed by atoms with van der Waals surface area (Å²) >= 11 is 0. The summed E-state index contributed by atoms with van der Waals surface area (Å²) < 4.78 is 0. The van der Waals surface area contributed by atoms with E-state index in [1.165, 1.54) is 4.90 Å². The van der Waals surface area contributed by atoms with Gasteiger partial charge in [-0.3, -0.25) is 24.4 Å². The molecule has 0 aromatic heterocycles. The van der Waals surface area contributed by atoms with Crippen molar-refractivity contribution in [3.8, 4) is 0 Å². The first-order valence-corrected chi connectivity index (χ1v) is 12.8. The van der Waals surface area contributed by atoms with Crippen LogP contribution in [0.1, 0.15) is 58.8 Å². The van der Waals surface area contributed by atoms with Crippen LogP contribution in [0.2, 0.25) is 0 Å². The van der Waals surface area contributed by atoms with Crippen LogP contribution in [0.4, 0.5) is 0 Å². The number of likely N-dealkylation sites (tertiary alicyclic amines) is 1. The summed E-state index contributed by atoms with van der Waals surface area (Å²) in [6.45, 7) is 4.61. The molecule has 0 spiro atoms. The number of rotatable bonds is 16. The second-order valence-electron chi connectivity index (χ2n) is 9.78. The number of carboxylic acids is 1. The molecule has 1 heterocycles. The van der Waals surface area contributed by atoms with E-state index in [-0.39, 0.29) is 37.2 Å². The molecule has 3 amide bonds. The molecule has 1 aliphatic rings. The van der Waals surface area contributed by atoms with Gasteiger partial charge in [-0.25, -0.2) is 4.79 Å². The number of carboxylic acid groups (broad SMARTS) is 1. The Morgan fingerprint density at radius 1 is 0.921 bits per heavy atom. The standard InChI is InChI=1S/C23H44N10O5/c1-13(2)12-16(20(36)33-11-5-8-17(33)21(37)38)32-19(35)15(7-4-10-30-23(27)28)31-18(34)14(24)6-3-9-29-22(25)26/h13-17H,3-12,24H2,1-2H3,(H,31,34)(H,32,35)(H,37,38)(H4,25,26,29)(H4,27,28,30). The van der Waals surface area contributed by atoms with Crippen LogP contribution in [0.15, 0.2) is 9.98 Å². The van der Waals surface area contributed by atoms with Crippen LogP contribution in [0, 0.1) is 5.92 Å². The molecule has 0 saturated carbocycles. The van der Waals surface area contributed by atoms with Gasteiger partial charge in [-0.2, -0.15) is 0 Å². The van der Waals surface area contributed by atoms with Crippen molar-refractivity contribution in [2.75, 3.05) is 19.6 Å². The van der Waals surface area contributed by atoms with Gasteiger partial charge in [-0.05, 0) is 50.9 Å². The van der Waals surface area contributed by atoms with Crippen LogP contribution in [0.3, 0.4) is 0 Å². The van der Waals surface area contributed by atoms with Gasteiger partial charge in [0.15, 0.2) is 11.9 Å². The van der Waals surface area contributed by atoms with Crippen molar-refractivity contribution in [3.05, 3.63) is 0 Å². The zero-order valence-corrected chi connectivity index (χ0v) is 22.3. The molecule has 0 aliphatic carbocycles. The number of nitrogens with one attached hydrogen (secondary N) is 2. The predicted molar refractivity (Wildman–Crippen MR) is 143 cm³/mol. The molecule has 13 N–H and O–H groups in total. The molecule has 38 heavy (non-hydrogen) atoms. The molecular formula is C23H44N10O5. The van der Waals surface area contributed by atoms with Gasteiger partial charge in [-0.1, -0.05) is 13.8 Å². The molecule has 0 aromatic carbocycles. The second kappa shape index (κ2) is 16.3.